The molecule has 0 aliphatic carbocycles. The summed E-state index contributed by atoms with van der Waals surface area (Å²) in [6.45, 7) is 3.64. The van der Waals surface area contributed by atoms with Gasteiger partial charge in [0.2, 0.25) is 15.9 Å². The summed E-state index contributed by atoms with van der Waals surface area (Å²) in [5.74, 6) is -0.263. The van der Waals surface area contributed by atoms with Crippen molar-refractivity contribution >= 4 is 49.1 Å². The molecule has 172 valence electrons. The van der Waals surface area contributed by atoms with Crippen LogP contribution in [0.1, 0.15) is 23.6 Å². The van der Waals surface area contributed by atoms with Gasteiger partial charge in [0.1, 0.15) is 0 Å². The number of amides is 1. The third-order valence-corrected chi connectivity index (χ3v) is 8.28. The molecule has 1 heterocycles. The van der Waals surface area contributed by atoms with Crippen LogP contribution in [0.3, 0.4) is 0 Å². The summed E-state index contributed by atoms with van der Waals surface area (Å²) in [7, 11) is -3.92. The second-order valence-corrected chi connectivity index (χ2v) is 11.6. The lowest BCUT2D eigenvalue weighted by Gasteiger charge is -2.27. The summed E-state index contributed by atoms with van der Waals surface area (Å²) < 4.78 is 29.3. The number of aryl methyl sites for hydroxylation is 1. The largest absolute Gasteiger partial charge is 0.308 e. The van der Waals surface area contributed by atoms with Gasteiger partial charge in [-0.05, 0) is 73.9 Å². The predicted molar refractivity (Wildman–Crippen MR) is 135 cm³/mol. The van der Waals surface area contributed by atoms with E-state index in [1.165, 1.54) is 4.31 Å². The number of carbonyl (C=O) groups excluding carboxylic acids is 1. The number of nitrogens with zero attached hydrogens (tertiary/aromatic N) is 2. The highest BCUT2D eigenvalue weighted by Crippen LogP contribution is 2.34. The molecule has 3 aromatic rings. The number of anilines is 1. The lowest BCUT2D eigenvalue weighted by molar-refractivity contribution is -0.119. The van der Waals surface area contributed by atoms with Crippen LogP contribution in [0.2, 0.25) is 5.02 Å². The van der Waals surface area contributed by atoms with E-state index in [1.807, 2.05) is 32.0 Å². The van der Waals surface area contributed by atoms with Crippen molar-refractivity contribution in [3.05, 3.63) is 92.9 Å². The maximum Gasteiger partial charge on any atom is 0.243 e. The lowest BCUT2D eigenvalue weighted by Crippen LogP contribution is -2.44. The Morgan fingerprint density at radius 2 is 1.85 bits per heavy atom. The third-order valence-electron chi connectivity index (χ3n) is 5.74. The van der Waals surface area contributed by atoms with E-state index < -0.39 is 10.0 Å². The van der Waals surface area contributed by atoms with E-state index in [9.17, 15) is 13.2 Å². The maximum atomic E-state index is 13.6. The van der Waals surface area contributed by atoms with Gasteiger partial charge in [0, 0.05) is 27.8 Å². The van der Waals surface area contributed by atoms with Crippen LogP contribution in [-0.4, -0.2) is 31.2 Å². The minimum absolute atomic E-state index is 0.0396. The van der Waals surface area contributed by atoms with Crippen LogP contribution in [0.15, 0.2) is 76.1 Å². The molecule has 0 fully saturated rings. The van der Waals surface area contributed by atoms with Crippen molar-refractivity contribution in [1.29, 1.82) is 0 Å². The van der Waals surface area contributed by atoms with Gasteiger partial charge >= 0.3 is 0 Å². The summed E-state index contributed by atoms with van der Waals surface area (Å²) in [6.07, 6.45) is 0.722. The summed E-state index contributed by atoms with van der Waals surface area (Å²) in [5.41, 5.74) is 3.56. The van der Waals surface area contributed by atoms with E-state index in [1.54, 1.807) is 53.4 Å². The molecule has 8 heteroatoms. The van der Waals surface area contributed by atoms with Gasteiger partial charge in [-0.15, -0.1) is 0 Å². The molecule has 1 amide bonds. The highest BCUT2D eigenvalue weighted by molar-refractivity contribution is 9.10. The number of carbonyl (C=O) groups is 1. The highest BCUT2D eigenvalue weighted by Gasteiger charge is 2.34. The van der Waals surface area contributed by atoms with E-state index in [0.29, 0.717) is 10.6 Å². The van der Waals surface area contributed by atoms with Crippen molar-refractivity contribution in [3.8, 4) is 0 Å². The van der Waals surface area contributed by atoms with Gasteiger partial charge in [-0.1, -0.05) is 57.4 Å². The van der Waals surface area contributed by atoms with Crippen LogP contribution in [0.4, 0.5) is 5.69 Å². The van der Waals surface area contributed by atoms with Crippen LogP contribution >= 0.6 is 27.5 Å². The number of halogens is 2. The fourth-order valence-corrected chi connectivity index (χ4v) is 6.13. The molecule has 1 atom stereocenters. The first-order valence-electron chi connectivity index (χ1n) is 10.6. The van der Waals surface area contributed by atoms with Crippen molar-refractivity contribution in [1.82, 2.24) is 4.31 Å². The normalized spacial score (nSPS) is 15.7. The molecule has 5 nitrogen and oxygen atoms in total. The first-order valence-corrected chi connectivity index (χ1v) is 13.2. The van der Waals surface area contributed by atoms with Crippen molar-refractivity contribution in [2.45, 2.75) is 37.8 Å². The summed E-state index contributed by atoms with van der Waals surface area (Å²) >= 11 is 9.61. The molecule has 0 N–H and O–H groups in total. The molecule has 1 aliphatic heterocycles. The molecule has 1 aliphatic rings. The van der Waals surface area contributed by atoms with Crippen LogP contribution in [-0.2, 0) is 27.8 Å². The SMILES string of the molecule is Cc1ccc(S(=O)(=O)N(CC(=O)N2c3ccc(Br)cc3C[C@H]2C)Cc2cccc(Cl)c2)cc1. The number of rotatable bonds is 6. The Labute approximate surface area is 208 Å². The van der Waals surface area contributed by atoms with Gasteiger partial charge in [-0.2, -0.15) is 4.31 Å². The Kier molecular flexibility index (Phi) is 6.96. The highest BCUT2D eigenvalue weighted by atomic mass is 79.9. The molecule has 4 rings (SSSR count). The molecule has 0 saturated heterocycles. The first kappa shape index (κ1) is 24.0. The minimum Gasteiger partial charge on any atom is -0.308 e. The molecular weight excluding hydrogens is 524 g/mol. The van der Waals surface area contributed by atoms with E-state index in [4.69, 9.17) is 11.6 Å². The zero-order chi connectivity index (χ0) is 23.8. The Bertz CT molecular complexity index is 1300. The first-order chi connectivity index (χ1) is 15.6. The standard InChI is InChI=1S/C25H24BrClN2O3S/c1-17-6-9-23(10-7-17)33(31,32)28(15-19-4-3-5-22(27)13-19)16-25(30)29-18(2)12-20-14-21(26)8-11-24(20)29/h3-11,13-14,18H,12,15-16H2,1-2H3/t18-/m1/s1. The van der Waals surface area contributed by atoms with Crippen LogP contribution in [0, 0.1) is 6.92 Å². The van der Waals surface area contributed by atoms with Crippen molar-refractivity contribution in [2.75, 3.05) is 11.4 Å². The quantitative estimate of drug-likeness (QED) is 0.405. The number of fused-ring (bicyclic) bond motifs is 1. The summed E-state index contributed by atoms with van der Waals surface area (Å²) in [6, 6.07) is 19.4. The Morgan fingerprint density at radius 3 is 2.55 bits per heavy atom. The molecule has 0 saturated carbocycles. The number of hydrogen-bond acceptors (Lipinski definition) is 3. The van der Waals surface area contributed by atoms with Gasteiger partial charge in [-0.3, -0.25) is 4.79 Å². The van der Waals surface area contributed by atoms with Gasteiger partial charge in [0.05, 0.1) is 11.4 Å². The average Bonchev–Trinajstić information content (AvgIpc) is 3.08. The van der Waals surface area contributed by atoms with Crippen LogP contribution < -0.4 is 4.90 Å². The topological polar surface area (TPSA) is 57.7 Å². The molecule has 0 spiro atoms. The van der Waals surface area contributed by atoms with Crippen LogP contribution in [0.5, 0.6) is 0 Å². The molecule has 0 bridgehead atoms. The minimum atomic E-state index is -3.92. The average molecular weight is 548 g/mol. The molecular formula is C25H24BrClN2O3S. The third kappa shape index (κ3) is 5.17. The molecule has 0 aromatic heterocycles. The fourth-order valence-electron chi connectivity index (χ4n) is 4.13. The number of sulfonamides is 1. The summed E-state index contributed by atoms with van der Waals surface area (Å²) in [5, 5.41) is 0.513. The zero-order valence-corrected chi connectivity index (χ0v) is 21.5. The number of hydrogen-bond donors (Lipinski definition) is 0. The van der Waals surface area contributed by atoms with Gasteiger partial charge in [-0.25, -0.2) is 8.42 Å². The second-order valence-electron chi connectivity index (χ2n) is 8.31. The Hall–Kier alpha value is -2.19. The van der Waals surface area contributed by atoms with Gasteiger partial charge in [0.15, 0.2) is 0 Å². The maximum absolute atomic E-state index is 13.6. The van der Waals surface area contributed by atoms with Crippen LogP contribution in [0.25, 0.3) is 0 Å². The van der Waals surface area contributed by atoms with Crippen molar-refractivity contribution < 1.29 is 13.2 Å². The monoisotopic (exact) mass is 546 g/mol. The molecule has 0 unspecified atom stereocenters. The van der Waals surface area contributed by atoms with Crippen molar-refractivity contribution in [3.63, 3.8) is 0 Å². The zero-order valence-electron chi connectivity index (χ0n) is 18.3. The number of benzene rings is 3. The Morgan fingerprint density at radius 1 is 1.12 bits per heavy atom. The predicted octanol–water partition coefficient (Wildman–Crippen LogP) is 5.58. The Balaban J connectivity index is 1.68. The van der Waals surface area contributed by atoms with E-state index in [0.717, 1.165) is 27.7 Å². The van der Waals surface area contributed by atoms with Crippen molar-refractivity contribution in [2.24, 2.45) is 0 Å². The van der Waals surface area contributed by atoms with E-state index in [-0.39, 0.29) is 29.9 Å². The smallest absolute Gasteiger partial charge is 0.243 e. The van der Waals surface area contributed by atoms with Gasteiger partial charge in [0.25, 0.3) is 0 Å². The molecule has 3 aromatic carbocycles. The molecule has 0 radical (unpaired) electrons. The molecule has 33 heavy (non-hydrogen) atoms. The fraction of sp³-hybridized carbons (Fsp3) is 0.240. The van der Waals surface area contributed by atoms with E-state index >= 15 is 0 Å². The van der Waals surface area contributed by atoms with E-state index in [2.05, 4.69) is 15.9 Å². The van der Waals surface area contributed by atoms with Gasteiger partial charge < -0.3 is 4.90 Å². The second kappa shape index (κ2) is 9.58. The summed E-state index contributed by atoms with van der Waals surface area (Å²) in [4.78, 5) is 15.3. The lowest BCUT2D eigenvalue weighted by atomic mass is 10.1.